The molecule has 0 unspecified atom stereocenters. The normalized spacial score (nSPS) is 10.5. The van der Waals surface area contributed by atoms with Crippen molar-refractivity contribution < 1.29 is 13.6 Å². The topological polar surface area (TPSA) is 17.1 Å². The number of hydrogen-bond donors (Lipinski definition) is 0. The van der Waals surface area contributed by atoms with Crippen LogP contribution < -0.4 is 0 Å². The highest BCUT2D eigenvalue weighted by molar-refractivity contribution is 14.1. The van der Waals surface area contributed by atoms with Crippen LogP contribution in [0.4, 0.5) is 8.78 Å². The molecule has 0 heterocycles. The summed E-state index contributed by atoms with van der Waals surface area (Å²) in [7, 11) is 0. The van der Waals surface area contributed by atoms with Crippen molar-refractivity contribution in [3.63, 3.8) is 0 Å². The molecule has 5 heteroatoms. The van der Waals surface area contributed by atoms with Crippen LogP contribution in [0.15, 0.2) is 36.4 Å². The van der Waals surface area contributed by atoms with Crippen LogP contribution in [0.1, 0.15) is 15.9 Å². The number of carbonyl (C=O) groups is 1. The van der Waals surface area contributed by atoms with E-state index in [-0.39, 0.29) is 12.2 Å². The van der Waals surface area contributed by atoms with Gasteiger partial charge in [-0.1, -0.05) is 17.7 Å². The van der Waals surface area contributed by atoms with E-state index in [1.54, 1.807) is 18.2 Å². The fraction of sp³-hybridized carbons (Fsp3) is 0.0714. The van der Waals surface area contributed by atoms with Gasteiger partial charge in [0.15, 0.2) is 17.4 Å². The number of ketones is 1. The number of hydrogen-bond acceptors (Lipinski definition) is 1. The average Bonchev–Trinajstić information content (AvgIpc) is 2.36. The van der Waals surface area contributed by atoms with Crippen molar-refractivity contribution in [1.82, 2.24) is 0 Å². The van der Waals surface area contributed by atoms with Gasteiger partial charge in [0.2, 0.25) is 0 Å². The van der Waals surface area contributed by atoms with Crippen LogP contribution in [-0.2, 0) is 6.42 Å². The molecule has 0 amide bonds. The van der Waals surface area contributed by atoms with Crippen LogP contribution in [0.3, 0.4) is 0 Å². The second-order valence-corrected chi connectivity index (χ2v) is 5.57. The third-order valence-corrected chi connectivity index (χ3v) is 3.75. The van der Waals surface area contributed by atoms with Gasteiger partial charge < -0.3 is 0 Å². The zero-order valence-corrected chi connectivity index (χ0v) is 12.5. The Hall–Kier alpha value is -1.01. The third kappa shape index (κ3) is 3.51. The molecule has 0 aliphatic rings. The summed E-state index contributed by atoms with van der Waals surface area (Å²) in [5.74, 6) is -2.06. The van der Waals surface area contributed by atoms with E-state index < -0.39 is 11.6 Å². The molecule has 0 aliphatic carbocycles. The molecule has 0 N–H and O–H groups in total. The SMILES string of the molecule is O=C(Cc1ccc(F)c(F)c1)c1cc(Cl)ccc1I. The van der Waals surface area contributed by atoms with Crippen molar-refractivity contribution >= 4 is 40.0 Å². The van der Waals surface area contributed by atoms with E-state index in [0.717, 1.165) is 15.7 Å². The number of halogens is 4. The lowest BCUT2D eigenvalue weighted by atomic mass is 10.0. The molecule has 2 aromatic carbocycles. The maximum Gasteiger partial charge on any atom is 0.168 e. The predicted octanol–water partition coefficient (Wildman–Crippen LogP) is 4.65. The van der Waals surface area contributed by atoms with Crippen LogP contribution in [-0.4, -0.2) is 5.78 Å². The number of benzene rings is 2. The van der Waals surface area contributed by atoms with E-state index in [1.165, 1.54) is 6.07 Å². The van der Waals surface area contributed by atoms with Crippen LogP contribution in [0.5, 0.6) is 0 Å². The number of rotatable bonds is 3. The summed E-state index contributed by atoms with van der Waals surface area (Å²) in [4.78, 5) is 12.1. The van der Waals surface area contributed by atoms with Crippen LogP contribution >= 0.6 is 34.2 Å². The molecule has 0 bridgehead atoms. The molecule has 0 spiro atoms. The van der Waals surface area contributed by atoms with Crippen molar-refractivity contribution in [1.29, 1.82) is 0 Å². The maximum absolute atomic E-state index is 13.1. The van der Waals surface area contributed by atoms with E-state index in [4.69, 9.17) is 11.6 Å². The lowest BCUT2D eigenvalue weighted by molar-refractivity contribution is 0.0992. The quantitative estimate of drug-likeness (QED) is 0.549. The molecule has 0 fully saturated rings. The van der Waals surface area contributed by atoms with E-state index in [2.05, 4.69) is 0 Å². The number of carbonyl (C=O) groups excluding carboxylic acids is 1. The van der Waals surface area contributed by atoms with Crippen molar-refractivity contribution in [3.05, 3.63) is 67.8 Å². The fourth-order valence-corrected chi connectivity index (χ4v) is 2.45. The Morgan fingerprint density at radius 2 is 1.84 bits per heavy atom. The standard InChI is InChI=1S/C14H8ClF2IO/c15-9-2-4-13(18)10(7-9)14(19)6-8-1-3-11(16)12(17)5-8/h1-5,7H,6H2. The van der Waals surface area contributed by atoms with Crippen molar-refractivity contribution in [2.75, 3.05) is 0 Å². The maximum atomic E-state index is 13.1. The molecule has 0 aromatic heterocycles. The molecule has 0 atom stereocenters. The molecule has 0 saturated carbocycles. The Labute approximate surface area is 127 Å². The molecule has 0 saturated heterocycles. The lowest BCUT2D eigenvalue weighted by Gasteiger charge is -2.05. The summed E-state index contributed by atoms with van der Waals surface area (Å²) in [6.07, 6.45) is 0.00748. The summed E-state index contributed by atoms with van der Waals surface area (Å²) in [5.41, 5.74) is 0.914. The Kier molecular flexibility index (Phi) is 4.52. The zero-order valence-electron chi connectivity index (χ0n) is 9.59. The van der Waals surface area contributed by atoms with E-state index >= 15 is 0 Å². The highest BCUT2D eigenvalue weighted by atomic mass is 127. The summed E-state index contributed by atoms with van der Waals surface area (Å²) in [5, 5.41) is 0.467. The van der Waals surface area contributed by atoms with Crippen LogP contribution in [0.2, 0.25) is 5.02 Å². The monoisotopic (exact) mass is 392 g/mol. The molecule has 2 aromatic rings. The van der Waals surface area contributed by atoms with Gasteiger partial charge in [-0.3, -0.25) is 4.79 Å². The second kappa shape index (κ2) is 5.96. The van der Waals surface area contributed by atoms with Gasteiger partial charge in [-0.2, -0.15) is 0 Å². The van der Waals surface area contributed by atoms with E-state index in [0.29, 0.717) is 16.1 Å². The van der Waals surface area contributed by atoms with Crippen molar-refractivity contribution in [2.24, 2.45) is 0 Å². The van der Waals surface area contributed by atoms with Crippen LogP contribution in [0, 0.1) is 15.2 Å². The minimum absolute atomic E-state index is 0.00748. The van der Waals surface area contributed by atoms with Gasteiger partial charge in [-0.15, -0.1) is 0 Å². The van der Waals surface area contributed by atoms with Gasteiger partial charge >= 0.3 is 0 Å². The van der Waals surface area contributed by atoms with Gasteiger partial charge in [-0.25, -0.2) is 8.78 Å². The highest BCUT2D eigenvalue weighted by Gasteiger charge is 2.12. The molecule has 1 nitrogen and oxygen atoms in total. The first-order chi connectivity index (χ1) is 8.97. The lowest BCUT2D eigenvalue weighted by Crippen LogP contribution is -2.06. The largest absolute Gasteiger partial charge is 0.294 e. The van der Waals surface area contributed by atoms with E-state index in [1.807, 2.05) is 22.6 Å². The minimum atomic E-state index is -0.953. The highest BCUT2D eigenvalue weighted by Crippen LogP contribution is 2.20. The molecule has 19 heavy (non-hydrogen) atoms. The minimum Gasteiger partial charge on any atom is -0.294 e. The van der Waals surface area contributed by atoms with Gasteiger partial charge in [0.1, 0.15) is 0 Å². The van der Waals surface area contributed by atoms with Crippen molar-refractivity contribution in [3.8, 4) is 0 Å². The summed E-state index contributed by atoms with van der Waals surface area (Å²) >= 11 is 7.88. The Balaban J connectivity index is 2.25. The summed E-state index contributed by atoms with van der Waals surface area (Å²) < 4.78 is 26.6. The Morgan fingerprint density at radius 1 is 1.11 bits per heavy atom. The number of Topliss-reactive ketones (excluding diaryl/α,β-unsaturated/α-hetero) is 1. The second-order valence-electron chi connectivity index (χ2n) is 3.97. The zero-order chi connectivity index (χ0) is 14.0. The van der Waals surface area contributed by atoms with Crippen molar-refractivity contribution in [2.45, 2.75) is 6.42 Å². The molecule has 2 rings (SSSR count). The summed E-state index contributed by atoms with van der Waals surface area (Å²) in [6.45, 7) is 0. The third-order valence-electron chi connectivity index (χ3n) is 2.58. The fourth-order valence-electron chi connectivity index (χ4n) is 1.64. The van der Waals surface area contributed by atoms with E-state index in [9.17, 15) is 13.6 Å². The first-order valence-corrected chi connectivity index (χ1v) is 6.85. The van der Waals surface area contributed by atoms with Gasteiger partial charge in [0.25, 0.3) is 0 Å². The smallest absolute Gasteiger partial charge is 0.168 e. The molecule has 0 aliphatic heterocycles. The molecular formula is C14H8ClF2IO. The van der Waals surface area contributed by atoms with Gasteiger partial charge in [0, 0.05) is 20.6 Å². The molecular weight excluding hydrogens is 385 g/mol. The molecule has 98 valence electrons. The first kappa shape index (κ1) is 14.4. The Bertz CT molecular complexity index is 643. The van der Waals surface area contributed by atoms with Gasteiger partial charge in [-0.05, 0) is 58.5 Å². The Morgan fingerprint density at radius 3 is 2.53 bits per heavy atom. The average molecular weight is 393 g/mol. The first-order valence-electron chi connectivity index (χ1n) is 5.39. The van der Waals surface area contributed by atoms with Gasteiger partial charge in [0.05, 0.1) is 0 Å². The summed E-state index contributed by atoms with van der Waals surface area (Å²) in [6, 6.07) is 8.45. The van der Waals surface area contributed by atoms with Crippen LogP contribution in [0.25, 0.3) is 0 Å². The molecule has 0 radical (unpaired) electrons. The predicted molar refractivity (Wildman–Crippen MR) is 78.6 cm³/mol.